The molecule has 1 aliphatic rings. The van der Waals surface area contributed by atoms with Gasteiger partial charge in [-0.15, -0.1) is 0 Å². The third kappa shape index (κ3) is 4.48. The Bertz CT molecular complexity index is 906. The van der Waals surface area contributed by atoms with Gasteiger partial charge in [-0.2, -0.15) is 0 Å². The van der Waals surface area contributed by atoms with Crippen molar-refractivity contribution in [1.29, 1.82) is 0 Å². The van der Waals surface area contributed by atoms with Crippen molar-refractivity contribution in [1.82, 2.24) is 19.9 Å². The van der Waals surface area contributed by atoms with E-state index in [-0.39, 0.29) is 6.10 Å². The Hall–Kier alpha value is -2.38. The van der Waals surface area contributed by atoms with Gasteiger partial charge in [-0.3, -0.25) is 0 Å². The molecule has 0 aliphatic carbocycles. The van der Waals surface area contributed by atoms with Crippen molar-refractivity contribution in [3.05, 3.63) is 41.4 Å². The van der Waals surface area contributed by atoms with E-state index in [0.717, 1.165) is 73.8 Å². The van der Waals surface area contributed by atoms with Crippen molar-refractivity contribution in [3.63, 3.8) is 0 Å². The summed E-state index contributed by atoms with van der Waals surface area (Å²) in [5.74, 6) is 2.69. The number of hydrogen-bond donors (Lipinski definition) is 3. The number of fused-ring (bicyclic) bond motifs is 1. The van der Waals surface area contributed by atoms with Crippen LogP contribution in [0.15, 0.2) is 30.6 Å². The number of rotatable bonds is 6. The maximum atomic E-state index is 9.64. The number of nitrogens with one attached hydrogen (secondary N) is 2. The molecular formula is C19H23ClN6O. The molecule has 1 saturated heterocycles. The lowest BCUT2D eigenvalue weighted by Crippen LogP contribution is -2.36. The number of aliphatic hydroxyl groups excluding tert-OH is 1. The fourth-order valence-corrected chi connectivity index (χ4v) is 3.51. The first-order valence-electron chi connectivity index (χ1n) is 9.30. The van der Waals surface area contributed by atoms with E-state index < -0.39 is 0 Å². The van der Waals surface area contributed by atoms with Crippen LogP contribution in [0.2, 0.25) is 5.02 Å². The Labute approximate surface area is 162 Å². The number of aromatic amines is 1. The minimum Gasteiger partial charge on any atom is -0.393 e. The molecule has 0 radical (unpaired) electrons. The van der Waals surface area contributed by atoms with E-state index in [1.807, 2.05) is 24.3 Å². The van der Waals surface area contributed by atoms with Gasteiger partial charge in [0.25, 0.3) is 0 Å². The van der Waals surface area contributed by atoms with E-state index in [4.69, 9.17) is 11.6 Å². The molecule has 0 spiro atoms. The summed E-state index contributed by atoms with van der Waals surface area (Å²) in [6.07, 6.45) is 4.76. The largest absolute Gasteiger partial charge is 0.393 e. The number of benzene rings is 1. The molecule has 8 heteroatoms. The fourth-order valence-electron chi connectivity index (χ4n) is 3.34. The summed E-state index contributed by atoms with van der Waals surface area (Å²) in [6.45, 7) is 2.45. The Kier molecular flexibility index (Phi) is 5.40. The first kappa shape index (κ1) is 18.0. The maximum absolute atomic E-state index is 9.64. The van der Waals surface area contributed by atoms with Crippen LogP contribution >= 0.6 is 11.6 Å². The minimum atomic E-state index is -0.185. The molecule has 4 rings (SSSR count). The monoisotopic (exact) mass is 386 g/mol. The van der Waals surface area contributed by atoms with Crippen LogP contribution < -0.4 is 10.2 Å². The number of aryl methyl sites for hydroxylation is 1. The van der Waals surface area contributed by atoms with Crippen LogP contribution in [0.1, 0.15) is 25.1 Å². The zero-order valence-electron chi connectivity index (χ0n) is 15.0. The van der Waals surface area contributed by atoms with E-state index in [0.29, 0.717) is 5.02 Å². The summed E-state index contributed by atoms with van der Waals surface area (Å²) in [5, 5.41) is 13.7. The van der Waals surface area contributed by atoms with Crippen LogP contribution in [0.25, 0.3) is 11.0 Å². The summed E-state index contributed by atoms with van der Waals surface area (Å²) in [6, 6.07) is 7.65. The molecule has 7 nitrogen and oxygen atoms in total. The second-order valence-electron chi connectivity index (χ2n) is 6.85. The van der Waals surface area contributed by atoms with Crippen LogP contribution in [-0.4, -0.2) is 50.8 Å². The zero-order valence-corrected chi connectivity index (χ0v) is 15.8. The smallest absolute Gasteiger partial charge is 0.134 e. The highest BCUT2D eigenvalue weighted by atomic mass is 35.5. The number of hydrogen-bond acceptors (Lipinski definition) is 6. The minimum absolute atomic E-state index is 0.185. The number of H-pyrrole nitrogens is 1. The van der Waals surface area contributed by atoms with Gasteiger partial charge in [0.15, 0.2) is 0 Å². The van der Waals surface area contributed by atoms with Gasteiger partial charge in [-0.25, -0.2) is 15.0 Å². The van der Waals surface area contributed by atoms with Crippen molar-refractivity contribution in [2.45, 2.75) is 31.8 Å². The highest BCUT2D eigenvalue weighted by Crippen LogP contribution is 2.20. The third-order valence-corrected chi connectivity index (χ3v) is 5.07. The number of imidazole rings is 1. The number of nitrogens with zero attached hydrogens (tertiary/aromatic N) is 4. The average molecular weight is 387 g/mol. The number of aromatic nitrogens is 4. The molecule has 0 atom stereocenters. The van der Waals surface area contributed by atoms with E-state index >= 15 is 0 Å². The third-order valence-electron chi connectivity index (χ3n) is 4.83. The van der Waals surface area contributed by atoms with Crippen molar-refractivity contribution >= 4 is 34.3 Å². The van der Waals surface area contributed by atoms with Gasteiger partial charge in [0.05, 0.1) is 17.1 Å². The first-order valence-corrected chi connectivity index (χ1v) is 9.68. The average Bonchev–Trinajstić information content (AvgIpc) is 3.08. The van der Waals surface area contributed by atoms with Crippen molar-refractivity contribution in [2.24, 2.45) is 0 Å². The predicted octanol–water partition coefficient (Wildman–Crippen LogP) is 3.01. The molecule has 142 valence electrons. The normalized spacial score (nSPS) is 15.4. The van der Waals surface area contributed by atoms with Crippen LogP contribution in [0.3, 0.4) is 0 Å². The van der Waals surface area contributed by atoms with Gasteiger partial charge in [0.1, 0.15) is 23.8 Å². The maximum Gasteiger partial charge on any atom is 0.134 e. The summed E-state index contributed by atoms with van der Waals surface area (Å²) in [4.78, 5) is 18.8. The Balaban J connectivity index is 1.29. The fraction of sp³-hybridized carbons (Fsp3) is 0.421. The lowest BCUT2D eigenvalue weighted by Gasteiger charge is -2.30. The van der Waals surface area contributed by atoms with E-state index in [1.54, 1.807) is 6.33 Å². The molecule has 1 aliphatic heterocycles. The van der Waals surface area contributed by atoms with Gasteiger partial charge < -0.3 is 20.3 Å². The molecular weight excluding hydrogens is 364 g/mol. The molecule has 2 aromatic heterocycles. The molecule has 0 amide bonds. The van der Waals surface area contributed by atoms with E-state index in [9.17, 15) is 5.11 Å². The SMILES string of the molecule is OC1CCN(c2cc(NCCCc3nc4ccc(Cl)cc4[nH]3)ncn2)CC1. The molecule has 0 saturated carbocycles. The lowest BCUT2D eigenvalue weighted by molar-refractivity contribution is 0.145. The highest BCUT2D eigenvalue weighted by molar-refractivity contribution is 6.31. The molecule has 0 unspecified atom stereocenters. The van der Waals surface area contributed by atoms with E-state index in [2.05, 4.69) is 30.2 Å². The van der Waals surface area contributed by atoms with Crippen molar-refractivity contribution in [2.75, 3.05) is 29.9 Å². The van der Waals surface area contributed by atoms with Gasteiger partial charge in [-0.1, -0.05) is 11.6 Å². The molecule has 3 aromatic rings. The standard InChI is InChI=1S/C19H23ClN6O/c20-13-3-4-15-16(10-13)25-17(24-15)2-1-7-21-18-11-19(23-12-22-18)26-8-5-14(27)6-9-26/h3-4,10-12,14,27H,1-2,5-9H2,(H,24,25)(H,21,22,23). The number of anilines is 2. The van der Waals surface area contributed by atoms with Crippen LogP contribution in [-0.2, 0) is 6.42 Å². The Morgan fingerprint density at radius 3 is 2.93 bits per heavy atom. The second-order valence-corrected chi connectivity index (χ2v) is 7.29. The second kappa shape index (κ2) is 8.10. The quantitative estimate of drug-likeness (QED) is 0.564. The topological polar surface area (TPSA) is 90.0 Å². The molecule has 1 fully saturated rings. The zero-order chi connectivity index (χ0) is 18.6. The van der Waals surface area contributed by atoms with Gasteiger partial charge in [0.2, 0.25) is 0 Å². The Morgan fingerprint density at radius 1 is 1.22 bits per heavy atom. The Morgan fingerprint density at radius 2 is 2.07 bits per heavy atom. The predicted molar refractivity (Wildman–Crippen MR) is 107 cm³/mol. The molecule has 1 aromatic carbocycles. The van der Waals surface area contributed by atoms with Crippen LogP contribution in [0.5, 0.6) is 0 Å². The van der Waals surface area contributed by atoms with Gasteiger partial charge >= 0.3 is 0 Å². The molecule has 3 heterocycles. The molecule has 3 N–H and O–H groups in total. The summed E-state index contributed by atoms with van der Waals surface area (Å²) in [7, 11) is 0. The van der Waals surface area contributed by atoms with Crippen LogP contribution in [0, 0.1) is 0 Å². The molecule has 0 bridgehead atoms. The summed E-state index contributed by atoms with van der Waals surface area (Å²) >= 11 is 6.01. The van der Waals surface area contributed by atoms with Crippen molar-refractivity contribution in [3.8, 4) is 0 Å². The number of piperidine rings is 1. The molecule has 27 heavy (non-hydrogen) atoms. The first-order chi connectivity index (χ1) is 13.2. The highest BCUT2D eigenvalue weighted by Gasteiger charge is 2.18. The number of aliphatic hydroxyl groups is 1. The summed E-state index contributed by atoms with van der Waals surface area (Å²) in [5.41, 5.74) is 1.91. The lowest BCUT2D eigenvalue weighted by atomic mass is 10.1. The number of halogens is 1. The summed E-state index contributed by atoms with van der Waals surface area (Å²) < 4.78 is 0. The van der Waals surface area contributed by atoms with Gasteiger partial charge in [-0.05, 0) is 37.5 Å². The van der Waals surface area contributed by atoms with E-state index in [1.165, 1.54) is 0 Å². The van der Waals surface area contributed by atoms with Crippen molar-refractivity contribution < 1.29 is 5.11 Å². The van der Waals surface area contributed by atoms with Gasteiger partial charge in [0, 0.05) is 37.1 Å². The van der Waals surface area contributed by atoms with Crippen LogP contribution in [0.4, 0.5) is 11.6 Å².